The predicted octanol–water partition coefficient (Wildman–Crippen LogP) is 1.75. The van der Waals surface area contributed by atoms with Crippen LogP contribution in [0.4, 0.5) is 11.5 Å². The van der Waals surface area contributed by atoms with Gasteiger partial charge >= 0.3 is 0 Å². The van der Waals surface area contributed by atoms with Gasteiger partial charge in [0.15, 0.2) is 0 Å². The van der Waals surface area contributed by atoms with Gasteiger partial charge in [0, 0.05) is 28.3 Å². The molecule has 1 aromatic rings. The van der Waals surface area contributed by atoms with Gasteiger partial charge in [-0.05, 0) is 34.8 Å². The number of nitrogens with two attached hydrogens (primary N) is 1. The summed E-state index contributed by atoms with van der Waals surface area (Å²) in [6.45, 7) is 0. The minimum atomic E-state index is -0.620. The first kappa shape index (κ1) is 11.9. The maximum Gasteiger partial charge on any atom is 0.140 e. The fourth-order valence-corrected chi connectivity index (χ4v) is 3.47. The van der Waals surface area contributed by atoms with Crippen LogP contribution in [0.25, 0.3) is 0 Å². The summed E-state index contributed by atoms with van der Waals surface area (Å²) in [6.07, 6.45) is 3.50. The number of nitrogen functional groups attached to an aromatic ring is 1. The summed E-state index contributed by atoms with van der Waals surface area (Å²) in [6, 6.07) is 2.20. The van der Waals surface area contributed by atoms with Gasteiger partial charge in [-0.1, -0.05) is 0 Å². The van der Waals surface area contributed by atoms with Gasteiger partial charge in [0.1, 0.15) is 5.82 Å². The van der Waals surface area contributed by atoms with E-state index in [9.17, 15) is 4.21 Å². The molecule has 16 heavy (non-hydrogen) atoms. The zero-order valence-electron chi connectivity index (χ0n) is 8.78. The average molecular weight is 304 g/mol. The van der Waals surface area contributed by atoms with E-state index in [-0.39, 0.29) is 0 Å². The maximum absolute atomic E-state index is 11.2. The molecule has 1 aromatic heterocycles. The molecule has 1 fully saturated rings. The first-order chi connectivity index (χ1) is 7.65. The Morgan fingerprint density at radius 2 is 2.19 bits per heavy atom. The Hall–Kier alpha value is -0.620. The smallest absolute Gasteiger partial charge is 0.140 e. The van der Waals surface area contributed by atoms with Gasteiger partial charge in [0.05, 0.1) is 16.4 Å². The Labute approximate surface area is 106 Å². The van der Waals surface area contributed by atoms with Crippen molar-refractivity contribution in [1.29, 1.82) is 0 Å². The molecule has 2 rings (SSSR count). The standard InChI is InChI=1S/C10H14BrN3OS/c11-9-5-7(12)6-13-10(9)14-8-1-3-16(15)4-2-8/h5-6,8H,1-4,12H2,(H,13,14). The third-order valence-electron chi connectivity index (χ3n) is 2.59. The van der Waals surface area contributed by atoms with Crippen LogP contribution in [0.3, 0.4) is 0 Å². The van der Waals surface area contributed by atoms with Crippen molar-refractivity contribution in [2.75, 3.05) is 22.6 Å². The first-order valence-electron chi connectivity index (χ1n) is 5.17. The molecule has 0 saturated carbocycles. The molecule has 1 saturated heterocycles. The lowest BCUT2D eigenvalue weighted by Gasteiger charge is -2.23. The van der Waals surface area contributed by atoms with Crippen LogP contribution >= 0.6 is 15.9 Å². The van der Waals surface area contributed by atoms with Crippen LogP contribution in [0, 0.1) is 0 Å². The third-order valence-corrected chi connectivity index (χ3v) is 4.58. The Bertz CT molecular complexity index is 403. The van der Waals surface area contributed by atoms with E-state index >= 15 is 0 Å². The van der Waals surface area contributed by atoms with Gasteiger partial charge in [0.2, 0.25) is 0 Å². The van der Waals surface area contributed by atoms with Gasteiger partial charge in [-0.3, -0.25) is 4.21 Å². The number of nitrogens with zero attached hydrogens (tertiary/aromatic N) is 1. The van der Waals surface area contributed by atoms with Gasteiger partial charge in [-0.15, -0.1) is 0 Å². The number of anilines is 2. The Balaban J connectivity index is 2.01. The summed E-state index contributed by atoms with van der Waals surface area (Å²) in [5.41, 5.74) is 6.26. The second kappa shape index (κ2) is 5.14. The molecular formula is C10H14BrN3OS. The Kier molecular flexibility index (Phi) is 3.81. The lowest BCUT2D eigenvalue weighted by molar-refractivity contribution is 0.622. The van der Waals surface area contributed by atoms with Gasteiger partial charge in [-0.2, -0.15) is 0 Å². The molecule has 88 valence electrons. The minimum absolute atomic E-state index is 0.366. The molecule has 0 atom stereocenters. The summed E-state index contributed by atoms with van der Waals surface area (Å²) >= 11 is 3.42. The third kappa shape index (κ3) is 2.95. The van der Waals surface area contributed by atoms with Gasteiger partial charge in [0.25, 0.3) is 0 Å². The fraction of sp³-hybridized carbons (Fsp3) is 0.500. The van der Waals surface area contributed by atoms with E-state index in [0.717, 1.165) is 34.6 Å². The van der Waals surface area contributed by atoms with Crippen molar-refractivity contribution in [3.63, 3.8) is 0 Å². The molecule has 4 nitrogen and oxygen atoms in total. The maximum atomic E-state index is 11.2. The molecule has 0 aliphatic carbocycles. The topological polar surface area (TPSA) is 68.0 Å². The second-order valence-corrected chi connectivity index (χ2v) is 6.42. The number of hydrogen-bond donors (Lipinski definition) is 2. The summed E-state index contributed by atoms with van der Waals surface area (Å²) in [4.78, 5) is 4.23. The summed E-state index contributed by atoms with van der Waals surface area (Å²) in [7, 11) is -0.620. The van der Waals surface area contributed by atoms with Crippen molar-refractivity contribution in [2.45, 2.75) is 18.9 Å². The lowest BCUT2D eigenvalue weighted by atomic mass is 10.1. The highest BCUT2D eigenvalue weighted by molar-refractivity contribution is 9.10. The van der Waals surface area contributed by atoms with Crippen molar-refractivity contribution < 1.29 is 4.21 Å². The SMILES string of the molecule is Nc1cnc(NC2CCS(=O)CC2)c(Br)c1. The fourth-order valence-electron chi connectivity index (χ4n) is 1.69. The quantitative estimate of drug-likeness (QED) is 0.873. The number of halogens is 1. The molecule has 0 unspecified atom stereocenters. The van der Waals surface area contributed by atoms with E-state index in [1.54, 1.807) is 6.20 Å². The largest absolute Gasteiger partial charge is 0.397 e. The molecule has 2 heterocycles. The van der Waals surface area contributed by atoms with Gasteiger partial charge in [-0.25, -0.2) is 4.98 Å². The van der Waals surface area contributed by atoms with E-state index in [1.807, 2.05) is 6.07 Å². The van der Waals surface area contributed by atoms with E-state index in [1.165, 1.54) is 0 Å². The monoisotopic (exact) mass is 303 g/mol. The van der Waals surface area contributed by atoms with E-state index in [2.05, 4.69) is 26.2 Å². The Morgan fingerprint density at radius 1 is 1.50 bits per heavy atom. The highest BCUT2D eigenvalue weighted by Crippen LogP contribution is 2.24. The van der Waals surface area contributed by atoms with Crippen LogP contribution in [0.15, 0.2) is 16.7 Å². The number of nitrogens with one attached hydrogen (secondary N) is 1. The molecule has 1 aliphatic heterocycles. The van der Waals surface area contributed by atoms with Gasteiger partial charge < -0.3 is 11.1 Å². The van der Waals surface area contributed by atoms with Crippen LogP contribution < -0.4 is 11.1 Å². The van der Waals surface area contributed by atoms with Crippen molar-refractivity contribution in [2.24, 2.45) is 0 Å². The molecule has 0 amide bonds. The van der Waals surface area contributed by atoms with Crippen molar-refractivity contribution >= 4 is 38.2 Å². The summed E-state index contributed by atoms with van der Waals surface area (Å²) < 4.78 is 12.1. The average Bonchev–Trinajstić information content (AvgIpc) is 2.25. The van der Waals surface area contributed by atoms with Crippen molar-refractivity contribution in [3.05, 3.63) is 16.7 Å². The Morgan fingerprint density at radius 3 is 2.81 bits per heavy atom. The van der Waals surface area contributed by atoms with E-state index in [0.29, 0.717) is 11.7 Å². The normalized spacial score (nSPS) is 25.3. The van der Waals surface area contributed by atoms with E-state index < -0.39 is 10.8 Å². The molecular weight excluding hydrogens is 290 g/mol. The molecule has 0 spiro atoms. The number of pyridine rings is 1. The summed E-state index contributed by atoms with van der Waals surface area (Å²) in [5.74, 6) is 2.38. The highest BCUT2D eigenvalue weighted by atomic mass is 79.9. The van der Waals surface area contributed by atoms with Crippen LogP contribution in [0.5, 0.6) is 0 Å². The van der Waals surface area contributed by atoms with Crippen LogP contribution in [-0.2, 0) is 10.8 Å². The number of aromatic nitrogens is 1. The lowest BCUT2D eigenvalue weighted by Crippen LogP contribution is -2.29. The molecule has 0 radical (unpaired) electrons. The molecule has 0 bridgehead atoms. The molecule has 3 N–H and O–H groups in total. The van der Waals surface area contributed by atoms with Crippen LogP contribution in [0.2, 0.25) is 0 Å². The second-order valence-electron chi connectivity index (χ2n) is 3.87. The van der Waals surface area contributed by atoms with Crippen LogP contribution in [0.1, 0.15) is 12.8 Å². The van der Waals surface area contributed by atoms with Crippen molar-refractivity contribution in [1.82, 2.24) is 4.98 Å². The first-order valence-corrected chi connectivity index (χ1v) is 7.46. The predicted molar refractivity (Wildman–Crippen MR) is 70.9 cm³/mol. The summed E-state index contributed by atoms with van der Waals surface area (Å²) in [5, 5.41) is 3.35. The highest BCUT2D eigenvalue weighted by Gasteiger charge is 2.18. The zero-order chi connectivity index (χ0) is 11.5. The number of rotatable bonds is 2. The number of hydrogen-bond acceptors (Lipinski definition) is 4. The van der Waals surface area contributed by atoms with E-state index in [4.69, 9.17) is 5.73 Å². The molecule has 1 aliphatic rings. The van der Waals surface area contributed by atoms with Crippen molar-refractivity contribution in [3.8, 4) is 0 Å². The zero-order valence-corrected chi connectivity index (χ0v) is 11.2. The minimum Gasteiger partial charge on any atom is -0.397 e. The molecule has 0 aromatic carbocycles. The molecule has 6 heteroatoms. The van der Waals surface area contributed by atoms with Crippen LogP contribution in [-0.4, -0.2) is 26.7 Å².